The Morgan fingerprint density at radius 1 is 1.21 bits per heavy atom. The highest BCUT2D eigenvalue weighted by Crippen LogP contribution is 2.35. The third kappa shape index (κ3) is 4.25. The van der Waals surface area contributed by atoms with Crippen LogP contribution in [0.5, 0.6) is 0 Å². The van der Waals surface area contributed by atoms with E-state index in [1.807, 2.05) is 29.2 Å². The van der Waals surface area contributed by atoms with Gasteiger partial charge in [-0.05, 0) is 37.6 Å². The number of hydrogen-bond acceptors (Lipinski definition) is 5. The molecule has 0 unspecified atom stereocenters. The molecule has 7 heteroatoms. The smallest absolute Gasteiger partial charge is 0.277 e. The van der Waals surface area contributed by atoms with E-state index in [1.165, 1.54) is 12.7 Å². The van der Waals surface area contributed by atoms with E-state index in [1.54, 1.807) is 0 Å². The minimum absolute atomic E-state index is 0.123. The van der Waals surface area contributed by atoms with E-state index in [2.05, 4.69) is 22.2 Å². The number of hydrogen-bond donors (Lipinski definition) is 1. The number of carbonyl (C=O) groups excluding carboxylic acids is 2. The van der Waals surface area contributed by atoms with Crippen molar-refractivity contribution in [1.29, 1.82) is 0 Å². The SMILES string of the molecule is CN1CCN(C(=O)Cc2cccc(NC(=O)c3coc(C4CCC4)n3)c2)CC1. The molecule has 1 saturated heterocycles. The van der Waals surface area contributed by atoms with Gasteiger partial charge in [0.25, 0.3) is 5.91 Å². The first kappa shape index (κ1) is 18.7. The Hall–Kier alpha value is -2.67. The van der Waals surface area contributed by atoms with Crippen LogP contribution in [0.1, 0.15) is 47.1 Å². The van der Waals surface area contributed by atoms with E-state index in [0.717, 1.165) is 44.6 Å². The van der Waals surface area contributed by atoms with Gasteiger partial charge in [-0.2, -0.15) is 0 Å². The summed E-state index contributed by atoms with van der Waals surface area (Å²) in [5.74, 6) is 0.837. The molecule has 1 saturated carbocycles. The van der Waals surface area contributed by atoms with E-state index in [4.69, 9.17) is 4.42 Å². The molecule has 1 aromatic heterocycles. The molecule has 1 N–H and O–H groups in total. The third-order valence-corrected chi connectivity index (χ3v) is 5.61. The fourth-order valence-electron chi connectivity index (χ4n) is 3.53. The molecule has 1 aliphatic carbocycles. The average molecular weight is 382 g/mol. The lowest BCUT2D eigenvalue weighted by atomic mass is 9.85. The average Bonchev–Trinajstić information content (AvgIpc) is 3.10. The second kappa shape index (κ2) is 8.14. The highest BCUT2D eigenvalue weighted by atomic mass is 16.3. The van der Waals surface area contributed by atoms with Crippen molar-refractivity contribution in [2.45, 2.75) is 31.6 Å². The monoisotopic (exact) mass is 382 g/mol. The minimum atomic E-state index is -0.295. The maximum absolute atomic E-state index is 12.5. The summed E-state index contributed by atoms with van der Waals surface area (Å²) in [6, 6.07) is 7.42. The standard InChI is InChI=1S/C21H26N4O3/c1-24-8-10-25(11-9-24)19(26)13-15-4-2-7-17(12-15)22-20(27)18-14-28-21(23-18)16-5-3-6-16/h2,4,7,12,14,16H,3,5-6,8-11,13H2,1H3,(H,22,27). The van der Waals surface area contributed by atoms with Gasteiger partial charge in [0.1, 0.15) is 6.26 Å². The molecular weight excluding hydrogens is 356 g/mol. The van der Waals surface area contributed by atoms with Gasteiger partial charge in [-0.15, -0.1) is 0 Å². The van der Waals surface area contributed by atoms with Crippen LogP contribution in [0.4, 0.5) is 5.69 Å². The van der Waals surface area contributed by atoms with E-state index in [9.17, 15) is 9.59 Å². The van der Waals surface area contributed by atoms with Crippen molar-refractivity contribution in [3.05, 3.63) is 47.7 Å². The summed E-state index contributed by atoms with van der Waals surface area (Å²) in [6.07, 6.45) is 5.09. The summed E-state index contributed by atoms with van der Waals surface area (Å²) in [6.45, 7) is 3.34. The molecule has 0 atom stereocenters. The molecule has 2 fully saturated rings. The normalized spacial score (nSPS) is 18.0. The summed E-state index contributed by atoms with van der Waals surface area (Å²) < 4.78 is 5.45. The zero-order valence-electron chi connectivity index (χ0n) is 16.2. The van der Waals surface area contributed by atoms with Gasteiger partial charge in [-0.3, -0.25) is 9.59 Å². The van der Waals surface area contributed by atoms with Gasteiger partial charge >= 0.3 is 0 Å². The van der Waals surface area contributed by atoms with Gasteiger partial charge in [0.2, 0.25) is 5.91 Å². The van der Waals surface area contributed by atoms with Crippen LogP contribution in [0.3, 0.4) is 0 Å². The molecule has 2 aromatic rings. The van der Waals surface area contributed by atoms with Gasteiger partial charge in [0.15, 0.2) is 11.6 Å². The second-order valence-electron chi connectivity index (χ2n) is 7.71. The number of nitrogens with one attached hydrogen (secondary N) is 1. The van der Waals surface area contributed by atoms with Gasteiger partial charge in [0, 0.05) is 37.8 Å². The lowest BCUT2D eigenvalue weighted by molar-refractivity contribution is -0.132. The van der Waals surface area contributed by atoms with Crippen LogP contribution in [0, 0.1) is 0 Å². The molecule has 2 aliphatic rings. The summed E-state index contributed by atoms with van der Waals surface area (Å²) in [5, 5.41) is 2.85. The lowest BCUT2D eigenvalue weighted by Crippen LogP contribution is -2.47. The number of oxazole rings is 1. The molecule has 148 valence electrons. The van der Waals surface area contributed by atoms with Crippen LogP contribution in [-0.4, -0.2) is 59.8 Å². The molecule has 1 aromatic carbocycles. The van der Waals surface area contributed by atoms with Crippen molar-refractivity contribution in [3.8, 4) is 0 Å². The summed E-state index contributed by atoms with van der Waals surface area (Å²) in [4.78, 5) is 33.4. The maximum Gasteiger partial charge on any atom is 0.277 e. The third-order valence-electron chi connectivity index (χ3n) is 5.61. The minimum Gasteiger partial charge on any atom is -0.448 e. The van der Waals surface area contributed by atoms with Crippen LogP contribution in [-0.2, 0) is 11.2 Å². The Balaban J connectivity index is 1.36. The number of carbonyl (C=O) groups is 2. The number of aromatic nitrogens is 1. The highest BCUT2D eigenvalue weighted by Gasteiger charge is 2.25. The Morgan fingerprint density at radius 3 is 2.71 bits per heavy atom. The largest absolute Gasteiger partial charge is 0.448 e. The molecule has 1 aliphatic heterocycles. The molecule has 7 nitrogen and oxygen atoms in total. The predicted octanol–water partition coefficient (Wildman–Crippen LogP) is 2.51. The summed E-state index contributed by atoms with van der Waals surface area (Å²) >= 11 is 0. The van der Waals surface area contributed by atoms with Crippen LogP contribution in [0.15, 0.2) is 34.9 Å². The van der Waals surface area contributed by atoms with Gasteiger partial charge in [-0.1, -0.05) is 18.6 Å². The Kier molecular flexibility index (Phi) is 5.43. The molecule has 2 heterocycles. The molecule has 0 spiro atoms. The lowest BCUT2D eigenvalue weighted by Gasteiger charge is -2.32. The van der Waals surface area contributed by atoms with Crippen LogP contribution in [0.25, 0.3) is 0 Å². The van der Waals surface area contributed by atoms with E-state index in [0.29, 0.717) is 29.6 Å². The molecule has 2 amide bonds. The zero-order valence-corrected chi connectivity index (χ0v) is 16.2. The quantitative estimate of drug-likeness (QED) is 0.860. The fourth-order valence-corrected chi connectivity index (χ4v) is 3.53. The van der Waals surface area contributed by atoms with Crippen LogP contribution < -0.4 is 5.32 Å². The van der Waals surface area contributed by atoms with E-state index < -0.39 is 0 Å². The Bertz CT molecular complexity index is 851. The van der Waals surface area contributed by atoms with Crippen molar-refractivity contribution >= 4 is 17.5 Å². The first-order chi connectivity index (χ1) is 13.6. The number of anilines is 1. The Labute approximate surface area is 164 Å². The first-order valence-electron chi connectivity index (χ1n) is 9.90. The van der Waals surface area contributed by atoms with Crippen molar-refractivity contribution in [1.82, 2.24) is 14.8 Å². The van der Waals surface area contributed by atoms with E-state index >= 15 is 0 Å². The van der Waals surface area contributed by atoms with E-state index in [-0.39, 0.29) is 11.8 Å². The van der Waals surface area contributed by atoms with Crippen LogP contribution >= 0.6 is 0 Å². The number of benzene rings is 1. The predicted molar refractivity (Wildman–Crippen MR) is 105 cm³/mol. The van der Waals surface area contributed by atoms with Crippen molar-refractivity contribution < 1.29 is 14.0 Å². The number of nitrogens with zero attached hydrogens (tertiary/aromatic N) is 3. The fraction of sp³-hybridized carbons (Fsp3) is 0.476. The number of piperazine rings is 1. The highest BCUT2D eigenvalue weighted by molar-refractivity contribution is 6.02. The summed E-state index contributed by atoms with van der Waals surface area (Å²) in [7, 11) is 2.07. The molecular formula is C21H26N4O3. The van der Waals surface area contributed by atoms with Gasteiger partial charge in [0.05, 0.1) is 6.42 Å². The van der Waals surface area contributed by atoms with Crippen molar-refractivity contribution in [2.75, 3.05) is 38.5 Å². The molecule has 4 rings (SSSR count). The topological polar surface area (TPSA) is 78.7 Å². The van der Waals surface area contributed by atoms with Crippen molar-refractivity contribution in [2.24, 2.45) is 0 Å². The Morgan fingerprint density at radius 2 is 2.00 bits per heavy atom. The zero-order chi connectivity index (χ0) is 19.5. The number of rotatable bonds is 5. The second-order valence-corrected chi connectivity index (χ2v) is 7.71. The number of amides is 2. The van der Waals surface area contributed by atoms with Crippen LogP contribution in [0.2, 0.25) is 0 Å². The molecule has 0 radical (unpaired) electrons. The maximum atomic E-state index is 12.5. The van der Waals surface area contributed by atoms with Crippen molar-refractivity contribution in [3.63, 3.8) is 0 Å². The summed E-state index contributed by atoms with van der Waals surface area (Å²) in [5.41, 5.74) is 1.83. The van der Waals surface area contributed by atoms with Gasteiger partial charge < -0.3 is 19.5 Å². The van der Waals surface area contributed by atoms with Gasteiger partial charge in [-0.25, -0.2) is 4.98 Å². The first-order valence-corrected chi connectivity index (χ1v) is 9.90. The number of likely N-dealkylation sites (N-methyl/N-ethyl adjacent to an activating group) is 1. The molecule has 0 bridgehead atoms. The molecule has 28 heavy (non-hydrogen) atoms.